The van der Waals surface area contributed by atoms with Crippen LogP contribution >= 0.6 is 0 Å². The number of unbranched alkanes of at least 4 members (excludes halogenated alkanes) is 7. The highest BCUT2D eigenvalue weighted by Gasteiger charge is 2.32. The number of anilines is 1. The molecule has 1 aromatic rings. The number of carbonyl (C=O) groups is 1. The first-order valence-corrected chi connectivity index (χ1v) is 8.70. The first kappa shape index (κ1) is 16.8. The fourth-order valence-corrected chi connectivity index (χ4v) is 2.88. The summed E-state index contributed by atoms with van der Waals surface area (Å²) in [4.78, 5) is 17.7. The Kier molecular flexibility index (Phi) is 7.20. The molecule has 2 rings (SSSR count). The van der Waals surface area contributed by atoms with Crippen molar-refractivity contribution in [3.8, 4) is 0 Å². The van der Waals surface area contributed by atoms with Gasteiger partial charge >= 0.3 is 6.09 Å². The molecular formula is C18H28N2O2. The Morgan fingerprint density at radius 1 is 1.14 bits per heavy atom. The van der Waals surface area contributed by atoms with E-state index in [1.165, 1.54) is 44.9 Å². The van der Waals surface area contributed by atoms with Gasteiger partial charge in [-0.1, -0.05) is 57.9 Å². The lowest BCUT2D eigenvalue weighted by atomic mass is 10.1. The maximum absolute atomic E-state index is 11.9. The molecule has 22 heavy (non-hydrogen) atoms. The van der Waals surface area contributed by atoms with Gasteiger partial charge in [0, 0.05) is 6.20 Å². The van der Waals surface area contributed by atoms with Crippen LogP contribution in [-0.4, -0.2) is 23.7 Å². The minimum absolute atomic E-state index is 0.0228. The van der Waals surface area contributed by atoms with Gasteiger partial charge in [-0.3, -0.25) is 4.90 Å². The van der Waals surface area contributed by atoms with E-state index in [1.54, 1.807) is 11.1 Å². The van der Waals surface area contributed by atoms with E-state index in [1.807, 2.05) is 18.2 Å². The zero-order valence-electron chi connectivity index (χ0n) is 13.7. The van der Waals surface area contributed by atoms with E-state index in [-0.39, 0.29) is 12.2 Å². The molecule has 4 heteroatoms. The van der Waals surface area contributed by atoms with E-state index >= 15 is 0 Å². The molecule has 0 N–H and O–H groups in total. The van der Waals surface area contributed by atoms with Crippen molar-refractivity contribution in [2.45, 2.75) is 70.8 Å². The standard InChI is InChI=1S/C18H28N2O2/c1-2-3-4-5-6-7-8-9-12-16-15-20(18(21)22-16)17-13-10-11-14-19-17/h10-11,13-14,16H,2-9,12,15H2,1H3. The Balaban J connectivity index is 1.59. The first-order valence-electron chi connectivity index (χ1n) is 8.70. The molecule has 0 saturated carbocycles. The third-order valence-corrected chi connectivity index (χ3v) is 4.18. The molecule has 1 aliphatic heterocycles. The van der Waals surface area contributed by atoms with Crippen molar-refractivity contribution in [2.75, 3.05) is 11.4 Å². The third kappa shape index (κ3) is 5.32. The van der Waals surface area contributed by atoms with Gasteiger partial charge < -0.3 is 4.74 Å². The number of hydrogen-bond donors (Lipinski definition) is 0. The molecule has 0 spiro atoms. The van der Waals surface area contributed by atoms with Crippen LogP contribution in [0.1, 0.15) is 64.7 Å². The molecule has 0 aliphatic carbocycles. The van der Waals surface area contributed by atoms with Crippen molar-refractivity contribution in [3.63, 3.8) is 0 Å². The maximum atomic E-state index is 11.9. The van der Waals surface area contributed by atoms with Gasteiger partial charge in [0.1, 0.15) is 11.9 Å². The Bertz CT molecular complexity index is 436. The topological polar surface area (TPSA) is 42.4 Å². The molecule has 1 saturated heterocycles. The number of aromatic nitrogens is 1. The summed E-state index contributed by atoms with van der Waals surface area (Å²) in [5, 5.41) is 0. The van der Waals surface area contributed by atoms with Gasteiger partial charge in [-0.25, -0.2) is 9.78 Å². The predicted octanol–water partition coefficient (Wildman–Crippen LogP) is 4.94. The van der Waals surface area contributed by atoms with E-state index in [0.717, 1.165) is 12.8 Å². The van der Waals surface area contributed by atoms with E-state index in [2.05, 4.69) is 11.9 Å². The van der Waals surface area contributed by atoms with Gasteiger partial charge in [0.15, 0.2) is 0 Å². The molecule has 0 radical (unpaired) electrons. The molecular weight excluding hydrogens is 276 g/mol. The highest BCUT2D eigenvalue weighted by atomic mass is 16.6. The van der Waals surface area contributed by atoms with Gasteiger partial charge in [-0.05, 0) is 25.0 Å². The van der Waals surface area contributed by atoms with Crippen LogP contribution in [0.5, 0.6) is 0 Å². The molecule has 0 aromatic carbocycles. The lowest BCUT2D eigenvalue weighted by Crippen LogP contribution is -2.25. The largest absolute Gasteiger partial charge is 0.444 e. The van der Waals surface area contributed by atoms with Crippen molar-refractivity contribution in [1.29, 1.82) is 0 Å². The number of nitrogens with zero attached hydrogens (tertiary/aromatic N) is 2. The van der Waals surface area contributed by atoms with Crippen molar-refractivity contribution >= 4 is 11.9 Å². The van der Waals surface area contributed by atoms with Crippen molar-refractivity contribution < 1.29 is 9.53 Å². The Morgan fingerprint density at radius 2 is 1.86 bits per heavy atom. The number of amides is 1. The van der Waals surface area contributed by atoms with Gasteiger partial charge in [0.2, 0.25) is 0 Å². The Labute approximate surface area is 133 Å². The summed E-state index contributed by atoms with van der Waals surface area (Å²) in [6, 6.07) is 5.59. The molecule has 1 amide bonds. The number of ether oxygens (including phenoxy) is 1. The molecule has 1 aliphatic rings. The second kappa shape index (κ2) is 9.44. The van der Waals surface area contributed by atoms with Crippen molar-refractivity contribution in [1.82, 2.24) is 4.98 Å². The zero-order valence-corrected chi connectivity index (χ0v) is 13.7. The number of hydrogen-bond acceptors (Lipinski definition) is 3. The minimum Gasteiger partial charge on any atom is -0.444 e. The summed E-state index contributed by atoms with van der Waals surface area (Å²) in [5.41, 5.74) is 0. The second-order valence-electron chi connectivity index (χ2n) is 6.07. The smallest absolute Gasteiger partial charge is 0.415 e. The fourth-order valence-electron chi connectivity index (χ4n) is 2.88. The van der Waals surface area contributed by atoms with Crippen LogP contribution in [0.2, 0.25) is 0 Å². The molecule has 0 bridgehead atoms. The molecule has 122 valence electrons. The van der Waals surface area contributed by atoms with Crippen LogP contribution < -0.4 is 4.90 Å². The fraction of sp³-hybridized carbons (Fsp3) is 0.667. The summed E-state index contributed by atoms with van der Waals surface area (Å²) >= 11 is 0. The minimum atomic E-state index is -0.261. The first-order chi connectivity index (χ1) is 10.8. The molecule has 1 unspecified atom stereocenters. The summed E-state index contributed by atoms with van der Waals surface area (Å²) in [6.45, 7) is 2.88. The molecule has 2 heterocycles. The number of rotatable bonds is 10. The molecule has 1 aromatic heterocycles. The summed E-state index contributed by atoms with van der Waals surface area (Å²) in [7, 11) is 0. The summed E-state index contributed by atoms with van der Waals surface area (Å²) in [6.07, 6.45) is 12.8. The van der Waals surface area contributed by atoms with Gasteiger partial charge in [0.05, 0.1) is 6.54 Å². The third-order valence-electron chi connectivity index (χ3n) is 4.18. The van der Waals surface area contributed by atoms with Crippen LogP contribution in [-0.2, 0) is 4.74 Å². The lowest BCUT2D eigenvalue weighted by Gasteiger charge is -2.11. The van der Waals surface area contributed by atoms with E-state index in [9.17, 15) is 4.79 Å². The SMILES string of the molecule is CCCCCCCCCCC1CN(c2ccccn2)C(=O)O1. The lowest BCUT2D eigenvalue weighted by molar-refractivity contribution is 0.135. The molecule has 4 nitrogen and oxygen atoms in total. The van der Waals surface area contributed by atoms with Crippen LogP contribution in [0.4, 0.5) is 10.6 Å². The van der Waals surface area contributed by atoms with Crippen LogP contribution in [0.15, 0.2) is 24.4 Å². The van der Waals surface area contributed by atoms with Crippen LogP contribution in [0, 0.1) is 0 Å². The monoisotopic (exact) mass is 304 g/mol. The Hall–Kier alpha value is -1.58. The van der Waals surface area contributed by atoms with Gasteiger partial charge in [0.25, 0.3) is 0 Å². The molecule has 1 atom stereocenters. The molecule has 1 fully saturated rings. The average molecular weight is 304 g/mol. The number of carbonyl (C=O) groups excluding carboxylic acids is 1. The number of cyclic esters (lactones) is 1. The normalized spacial score (nSPS) is 17.8. The number of pyridine rings is 1. The second-order valence-corrected chi connectivity index (χ2v) is 6.07. The Morgan fingerprint density at radius 3 is 2.55 bits per heavy atom. The van der Waals surface area contributed by atoms with Crippen LogP contribution in [0.3, 0.4) is 0 Å². The van der Waals surface area contributed by atoms with Gasteiger partial charge in [-0.2, -0.15) is 0 Å². The van der Waals surface area contributed by atoms with E-state index in [0.29, 0.717) is 12.4 Å². The average Bonchev–Trinajstić information content (AvgIpc) is 2.92. The maximum Gasteiger partial charge on any atom is 0.415 e. The highest BCUT2D eigenvalue weighted by molar-refractivity contribution is 5.88. The van der Waals surface area contributed by atoms with E-state index in [4.69, 9.17) is 4.74 Å². The van der Waals surface area contributed by atoms with Crippen molar-refractivity contribution in [3.05, 3.63) is 24.4 Å². The van der Waals surface area contributed by atoms with Gasteiger partial charge in [-0.15, -0.1) is 0 Å². The van der Waals surface area contributed by atoms with E-state index < -0.39 is 0 Å². The predicted molar refractivity (Wildman–Crippen MR) is 89.1 cm³/mol. The highest BCUT2D eigenvalue weighted by Crippen LogP contribution is 2.22. The van der Waals surface area contributed by atoms with Crippen molar-refractivity contribution in [2.24, 2.45) is 0 Å². The summed E-state index contributed by atoms with van der Waals surface area (Å²) in [5.74, 6) is 0.686. The zero-order chi connectivity index (χ0) is 15.6. The quantitative estimate of drug-likeness (QED) is 0.575. The van der Waals surface area contributed by atoms with Crippen LogP contribution in [0.25, 0.3) is 0 Å². The summed E-state index contributed by atoms with van der Waals surface area (Å²) < 4.78 is 5.44.